The molecule has 0 amide bonds. The molecule has 0 aliphatic heterocycles. The Morgan fingerprint density at radius 1 is 0.556 bits per heavy atom. The zero-order chi connectivity index (χ0) is 21.9. The SMILES string of the molecule is Nc1cccc(C(F)(F)C(F)(F)C(F)(F)F)c1C(F)(F)C(F)(F)C(F)(F)F. The molecule has 0 radical (unpaired) electrons. The molecular weight excluding hydrogens is 424 g/mol. The molecule has 0 fully saturated rings. The van der Waals surface area contributed by atoms with E-state index in [1.165, 1.54) is 0 Å². The van der Waals surface area contributed by atoms with Crippen molar-refractivity contribution in [3.8, 4) is 0 Å². The third-order valence-electron chi connectivity index (χ3n) is 3.25. The summed E-state index contributed by atoms with van der Waals surface area (Å²) in [6.07, 6.45) is -14.2. The molecule has 0 bridgehead atoms. The smallest absolute Gasteiger partial charge is 0.398 e. The first-order valence-electron chi connectivity index (χ1n) is 6.18. The van der Waals surface area contributed by atoms with Crippen molar-refractivity contribution in [3.63, 3.8) is 0 Å². The summed E-state index contributed by atoms with van der Waals surface area (Å²) in [4.78, 5) is 0. The minimum atomic E-state index is -7.13. The second-order valence-corrected chi connectivity index (χ2v) is 5.06. The molecule has 0 unspecified atom stereocenters. The summed E-state index contributed by atoms with van der Waals surface area (Å²) in [5.41, 5.74) is -3.68. The van der Waals surface area contributed by atoms with Gasteiger partial charge in [-0.2, -0.15) is 61.5 Å². The summed E-state index contributed by atoms with van der Waals surface area (Å²) in [6.45, 7) is 0. The number of hydrogen-bond donors (Lipinski definition) is 1. The highest BCUT2D eigenvalue weighted by Gasteiger charge is 2.78. The van der Waals surface area contributed by atoms with Gasteiger partial charge >= 0.3 is 36.0 Å². The van der Waals surface area contributed by atoms with Crippen LogP contribution in [0.3, 0.4) is 0 Å². The van der Waals surface area contributed by atoms with Gasteiger partial charge < -0.3 is 5.73 Å². The van der Waals surface area contributed by atoms with E-state index in [-0.39, 0.29) is 12.1 Å². The van der Waals surface area contributed by atoms with Crippen LogP contribution in [0.5, 0.6) is 0 Å². The van der Waals surface area contributed by atoms with E-state index in [2.05, 4.69) is 5.73 Å². The first-order valence-corrected chi connectivity index (χ1v) is 6.18. The molecule has 1 aromatic rings. The van der Waals surface area contributed by atoms with Gasteiger partial charge in [-0.15, -0.1) is 0 Å². The zero-order valence-corrected chi connectivity index (χ0v) is 12.1. The van der Waals surface area contributed by atoms with Crippen molar-refractivity contribution in [1.82, 2.24) is 0 Å². The summed E-state index contributed by atoms with van der Waals surface area (Å²) in [5, 5.41) is 0. The molecule has 0 atom stereocenters. The van der Waals surface area contributed by atoms with Crippen molar-refractivity contribution in [1.29, 1.82) is 0 Å². The highest BCUT2D eigenvalue weighted by atomic mass is 19.4. The van der Waals surface area contributed by atoms with Crippen LogP contribution in [0.25, 0.3) is 0 Å². The van der Waals surface area contributed by atoms with Gasteiger partial charge in [-0.1, -0.05) is 12.1 Å². The molecule has 0 aromatic heterocycles. The molecule has 27 heavy (non-hydrogen) atoms. The van der Waals surface area contributed by atoms with Gasteiger partial charge in [0.25, 0.3) is 0 Å². The minimum Gasteiger partial charge on any atom is -0.398 e. The highest BCUT2D eigenvalue weighted by molar-refractivity contribution is 5.56. The quantitative estimate of drug-likeness (QED) is 0.472. The van der Waals surface area contributed by atoms with Crippen LogP contribution in [-0.2, 0) is 11.8 Å². The molecule has 156 valence electrons. The van der Waals surface area contributed by atoms with E-state index in [0.29, 0.717) is 0 Å². The molecule has 1 rings (SSSR count). The zero-order valence-electron chi connectivity index (χ0n) is 12.1. The molecule has 2 N–H and O–H groups in total. The third kappa shape index (κ3) is 3.24. The third-order valence-corrected chi connectivity index (χ3v) is 3.25. The fraction of sp³-hybridized carbons (Fsp3) is 0.500. The maximum atomic E-state index is 13.8. The van der Waals surface area contributed by atoms with Crippen molar-refractivity contribution in [3.05, 3.63) is 29.3 Å². The lowest BCUT2D eigenvalue weighted by molar-refractivity contribution is -0.367. The standard InChI is InChI=1S/C12H5F14N/c13-7(14,9(17,18)11(21,22)23)4-2-1-3-5(27)6(4)8(15,16)10(19,20)12(24,25)26/h1-3H,27H2. The van der Waals surface area contributed by atoms with Crippen molar-refractivity contribution < 1.29 is 61.5 Å². The molecule has 0 heterocycles. The van der Waals surface area contributed by atoms with Gasteiger partial charge in [0.2, 0.25) is 0 Å². The molecule has 0 spiro atoms. The van der Waals surface area contributed by atoms with Crippen LogP contribution in [0.1, 0.15) is 11.1 Å². The average molecular weight is 429 g/mol. The number of alkyl halides is 14. The number of benzene rings is 1. The van der Waals surface area contributed by atoms with Crippen LogP contribution >= 0.6 is 0 Å². The number of anilines is 1. The molecular formula is C12H5F14N. The summed E-state index contributed by atoms with van der Waals surface area (Å²) in [6, 6.07) is -0.455. The van der Waals surface area contributed by atoms with Crippen molar-refractivity contribution in [2.45, 2.75) is 36.0 Å². The van der Waals surface area contributed by atoms with E-state index in [0.717, 1.165) is 0 Å². The van der Waals surface area contributed by atoms with E-state index >= 15 is 0 Å². The number of halogens is 14. The second-order valence-electron chi connectivity index (χ2n) is 5.06. The Kier molecular flexibility index (Phi) is 5.15. The normalized spacial score (nSPS) is 15.2. The van der Waals surface area contributed by atoms with Crippen molar-refractivity contribution in [2.24, 2.45) is 0 Å². The topological polar surface area (TPSA) is 26.0 Å². The van der Waals surface area contributed by atoms with Crippen LogP contribution in [0.2, 0.25) is 0 Å². The van der Waals surface area contributed by atoms with Crippen LogP contribution in [0.4, 0.5) is 67.2 Å². The molecule has 1 nitrogen and oxygen atoms in total. The highest BCUT2D eigenvalue weighted by Crippen LogP contribution is 2.58. The molecule has 0 aliphatic rings. The molecule has 1 aromatic carbocycles. The maximum absolute atomic E-state index is 13.8. The Morgan fingerprint density at radius 3 is 1.30 bits per heavy atom. The van der Waals surface area contributed by atoms with Crippen LogP contribution in [0.15, 0.2) is 18.2 Å². The fourth-order valence-electron chi connectivity index (χ4n) is 1.86. The van der Waals surface area contributed by atoms with Crippen LogP contribution < -0.4 is 5.73 Å². The van der Waals surface area contributed by atoms with E-state index in [1.54, 1.807) is 0 Å². The molecule has 15 heteroatoms. The lowest BCUT2D eigenvalue weighted by Crippen LogP contribution is -2.54. The Balaban J connectivity index is 3.88. The maximum Gasteiger partial charge on any atom is 0.460 e. The number of nitrogen functional groups attached to an aromatic ring is 1. The largest absolute Gasteiger partial charge is 0.460 e. The Labute approximate surface area is 139 Å². The van der Waals surface area contributed by atoms with E-state index in [9.17, 15) is 61.5 Å². The predicted octanol–water partition coefficient (Wildman–Crippen LogP) is 5.85. The second kappa shape index (κ2) is 6.02. The van der Waals surface area contributed by atoms with Gasteiger partial charge in [0, 0.05) is 11.3 Å². The van der Waals surface area contributed by atoms with Crippen LogP contribution in [-0.4, -0.2) is 24.2 Å². The molecule has 0 saturated heterocycles. The average Bonchev–Trinajstić information content (AvgIpc) is 2.43. The summed E-state index contributed by atoms with van der Waals surface area (Å²) in [7, 11) is 0. The Hall–Kier alpha value is -1.96. The van der Waals surface area contributed by atoms with Gasteiger partial charge in [0.15, 0.2) is 0 Å². The lowest BCUT2D eigenvalue weighted by Gasteiger charge is -2.34. The summed E-state index contributed by atoms with van der Waals surface area (Å²) >= 11 is 0. The van der Waals surface area contributed by atoms with E-state index in [4.69, 9.17) is 0 Å². The van der Waals surface area contributed by atoms with Gasteiger partial charge in [-0.05, 0) is 6.07 Å². The Bertz CT molecular complexity index is 699. The van der Waals surface area contributed by atoms with Gasteiger partial charge in [-0.25, -0.2) is 0 Å². The number of nitrogens with two attached hydrogens (primary N) is 1. The first-order chi connectivity index (χ1) is 11.6. The van der Waals surface area contributed by atoms with Gasteiger partial charge in [0.05, 0.1) is 5.56 Å². The monoisotopic (exact) mass is 429 g/mol. The van der Waals surface area contributed by atoms with E-state index < -0.39 is 58.9 Å². The Morgan fingerprint density at radius 2 is 0.926 bits per heavy atom. The fourth-order valence-corrected chi connectivity index (χ4v) is 1.86. The number of rotatable bonds is 4. The van der Waals surface area contributed by atoms with Gasteiger partial charge in [0.1, 0.15) is 0 Å². The lowest BCUT2D eigenvalue weighted by atomic mass is 9.89. The van der Waals surface area contributed by atoms with Gasteiger partial charge in [-0.3, -0.25) is 0 Å². The number of hydrogen-bond acceptors (Lipinski definition) is 1. The summed E-state index contributed by atoms with van der Waals surface area (Å²) < 4.78 is 180. The van der Waals surface area contributed by atoms with Crippen molar-refractivity contribution >= 4 is 5.69 Å². The van der Waals surface area contributed by atoms with Crippen LogP contribution in [0, 0.1) is 0 Å². The minimum absolute atomic E-state index is 0.0427. The van der Waals surface area contributed by atoms with E-state index in [1.807, 2.05) is 0 Å². The molecule has 0 saturated carbocycles. The first kappa shape index (κ1) is 23.1. The summed E-state index contributed by atoms with van der Waals surface area (Å²) in [5.74, 6) is -27.6. The molecule has 0 aliphatic carbocycles. The predicted molar refractivity (Wildman–Crippen MR) is 60.6 cm³/mol. The van der Waals surface area contributed by atoms with Crippen molar-refractivity contribution in [2.75, 3.05) is 5.73 Å².